The van der Waals surface area contributed by atoms with Crippen LogP contribution in [0.2, 0.25) is 0 Å². The third kappa shape index (κ3) is 2.80. The van der Waals surface area contributed by atoms with Crippen molar-refractivity contribution in [1.29, 1.82) is 5.26 Å². The van der Waals surface area contributed by atoms with E-state index >= 15 is 0 Å². The summed E-state index contributed by atoms with van der Waals surface area (Å²) < 4.78 is 0. The minimum absolute atomic E-state index is 0.219. The summed E-state index contributed by atoms with van der Waals surface area (Å²) >= 11 is 0. The maximum Gasteiger partial charge on any atom is 0.319 e. The van der Waals surface area contributed by atoms with Crippen molar-refractivity contribution in [3.8, 4) is 6.07 Å². The molecule has 0 spiro atoms. The molecule has 4 heteroatoms. The number of nitrogens with zero attached hydrogens (tertiary/aromatic N) is 1. The molecule has 1 aromatic rings. The number of nitriles is 1. The van der Waals surface area contributed by atoms with Crippen LogP contribution in [0, 0.1) is 18.3 Å². The Morgan fingerprint density at radius 3 is 2.78 bits per heavy atom. The summed E-state index contributed by atoms with van der Waals surface area (Å²) in [5, 5.41) is 14.8. The summed E-state index contributed by atoms with van der Waals surface area (Å²) in [6, 6.07) is 7.62. The van der Waals surface area contributed by atoms with E-state index in [1.807, 2.05) is 19.1 Å². The number of anilines is 1. The summed E-state index contributed by atoms with van der Waals surface area (Å²) in [6.45, 7) is 1.86. The lowest BCUT2D eigenvalue weighted by Crippen LogP contribution is -2.36. The molecule has 2 N–H and O–H groups in total. The van der Waals surface area contributed by atoms with E-state index in [-0.39, 0.29) is 12.1 Å². The summed E-state index contributed by atoms with van der Waals surface area (Å²) in [7, 11) is 0. The third-order valence-corrected chi connectivity index (χ3v) is 3.32. The van der Waals surface area contributed by atoms with E-state index in [0.717, 1.165) is 18.4 Å². The normalized spacial score (nSPS) is 15.1. The van der Waals surface area contributed by atoms with Crippen molar-refractivity contribution < 1.29 is 4.79 Å². The highest BCUT2D eigenvalue weighted by molar-refractivity contribution is 5.91. The first-order valence-electron chi connectivity index (χ1n) is 6.28. The second-order valence-electron chi connectivity index (χ2n) is 4.69. The summed E-state index contributed by atoms with van der Waals surface area (Å²) in [6.07, 6.45) is 4.45. The standard InChI is InChI=1S/C14H17N3O/c1-10-5-4-8-13(12(10)9-15)17-14(18)16-11-6-2-3-7-11/h4-5,8,11H,2-3,6-7H2,1H3,(H2,16,17,18). The number of benzene rings is 1. The molecule has 1 fully saturated rings. The van der Waals surface area contributed by atoms with Crippen molar-refractivity contribution in [3.63, 3.8) is 0 Å². The van der Waals surface area contributed by atoms with E-state index in [4.69, 9.17) is 5.26 Å². The van der Waals surface area contributed by atoms with E-state index < -0.39 is 0 Å². The van der Waals surface area contributed by atoms with Gasteiger partial charge in [0.1, 0.15) is 6.07 Å². The van der Waals surface area contributed by atoms with Crippen molar-refractivity contribution in [3.05, 3.63) is 29.3 Å². The number of urea groups is 1. The number of amides is 2. The van der Waals surface area contributed by atoms with Crippen molar-refractivity contribution in [2.45, 2.75) is 38.6 Å². The number of hydrogen-bond acceptors (Lipinski definition) is 2. The predicted octanol–water partition coefficient (Wildman–Crippen LogP) is 2.93. The van der Waals surface area contributed by atoms with Gasteiger partial charge in [0.2, 0.25) is 0 Å². The fraction of sp³-hybridized carbons (Fsp3) is 0.429. The molecule has 1 saturated carbocycles. The van der Waals surface area contributed by atoms with Crippen LogP contribution in [0.1, 0.15) is 36.8 Å². The lowest BCUT2D eigenvalue weighted by molar-refractivity contribution is 0.248. The molecule has 0 heterocycles. The van der Waals surface area contributed by atoms with E-state index in [1.54, 1.807) is 6.07 Å². The van der Waals surface area contributed by atoms with Gasteiger partial charge in [0.05, 0.1) is 11.3 Å². The largest absolute Gasteiger partial charge is 0.335 e. The average Bonchev–Trinajstić information content (AvgIpc) is 2.82. The molecular weight excluding hydrogens is 226 g/mol. The van der Waals surface area contributed by atoms with Gasteiger partial charge in [-0.2, -0.15) is 5.26 Å². The van der Waals surface area contributed by atoms with Crippen LogP contribution >= 0.6 is 0 Å². The van der Waals surface area contributed by atoms with Gasteiger partial charge in [0, 0.05) is 6.04 Å². The average molecular weight is 243 g/mol. The SMILES string of the molecule is Cc1cccc(NC(=O)NC2CCCC2)c1C#N. The molecule has 0 aromatic heterocycles. The Morgan fingerprint density at radius 2 is 2.11 bits per heavy atom. The van der Waals surface area contributed by atoms with Crippen LogP contribution in [0.15, 0.2) is 18.2 Å². The minimum Gasteiger partial charge on any atom is -0.335 e. The lowest BCUT2D eigenvalue weighted by Gasteiger charge is -2.14. The molecule has 1 aliphatic rings. The van der Waals surface area contributed by atoms with Gasteiger partial charge >= 0.3 is 6.03 Å². The molecule has 0 atom stereocenters. The number of hydrogen-bond donors (Lipinski definition) is 2. The zero-order chi connectivity index (χ0) is 13.0. The molecule has 2 amide bonds. The Labute approximate surface area is 107 Å². The summed E-state index contributed by atoms with van der Waals surface area (Å²) in [5.41, 5.74) is 1.98. The molecule has 0 aliphatic heterocycles. The van der Waals surface area contributed by atoms with Crippen LogP contribution < -0.4 is 10.6 Å². The Balaban J connectivity index is 2.02. The topological polar surface area (TPSA) is 64.9 Å². The number of carbonyl (C=O) groups excluding carboxylic acids is 1. The Bertz CT molecular complexity index is 484. The second-order valence-corrected chi connectivity index (χ2v) is 4.69. The highest BCUT2D eigenvalue weighted by Crippen LogP contribution is 2.20. The molecule has 2 rings (SSSR count). The molecule has 1 aliphatic carbocycles. The van der Waals surface area contributed by atoms with Crippen molar-refractivity contribution >= 4 is 11.7 Å². The van der Waals surface area contributed by atoms with Gasteiger partial charge in [-0.1, -0.05) is 25.0 Å². The van der Waals surface area contributed by atoms with Gasteiger partial charge in [-0.05, 0) is 31.4 Å². The fourth-order valence-electron chi connectivity index (χ4n) is 2.33. The van der Waals surface area contributed by atoms with Crippen LogP contribution in [-0.2, 0) is 0 Å². The summed E-state index contributed by atoms with van der Waals surface area (Å²) in [5.74, 6) is 0. The minimum atomic E-state index is -0.219. The van der Waals surface area contributed by atoms with Crippen molar-refractivity contribution in [1.82, 2.24) is 5.32 Å². The molecule has 4 nitrogen and oxygen atoms in total. The third-order valence-electron chi connectivity index (χ3n) is 3.32. The number of aryl methyl sites for hydroxylation is 1. The molecular formula is C14H17N3O. The predicted molar refractivity (Wildman–Crippen MR) is 70.3 cm³/mol. The van der Waals surface area contributed by atoms with Gasteiger partial charge in [-0.3, -0.25) is 0 Å². The van der Waals surface area contributed by atoms with Crippen LogP contribution in [-0.4, -0.2) is 12.1 Å². The maximum atomic E-state index is 11.8. The van der Waals surface area contributed by atoms with Crippen molar-refractivity contribution in [2.75, 3.05) is 5.32 Å². The quantitative estimate of drug-likeness (QED) is 0.838. The van der Waals surface area contributed by atoms with Crippen LogP contribution in [0.5, 0.6) is 0 Å². The first kappa shape index (κ1) is 12.4. The second kappa shape index (κ2) is 5.54. The fourth-order valence-corrected chi connectivity index (χ4v) is 2.33. The molecule has 0 radical (unpaired) electrons. The van der Waals surface area contributed by atoms with Gasteiger partial charge in [-0.25, -0.2) is 4.79 Å². The van der Waals surface area contributed by atoms with Crippen LogP contribution in [0.3, 0.4) is 0 Å². The zero-order valence-electron chi connectivity index (χ0n) is 10.5. The monoisotopic (exact) mass is 243 g/mol. The van der Waals surface area contributed by atoms with Gasteiger partial charge < -0.3 is 10.6 Å². The molecule has 18 heavy (non-hydrogen) atoms. The zero-order valence-corrected chi connectivity index (χ0v) is 10.5. The first-order valence-corrected chi connectivity index (χ1v) is 6.28. The van der Waals surface area contributed by atoms with E-state index in [2.05, 4.69) is 16.7 Å². The number of carbonyl (C=O) groups is 1. The van der Waals surface area contributed by atoms with E-state index in [0.29, 0.717) is 11.3 Å². The lowest BCUT2D eigenvalue weighted by atomic mass is 10.1. The highest BCUT2D eigenvalue weighted by atomic mass is 16.2. The highest BCUT2D eigenvalue weighted by Gasteiger charge is 2.17. The number of nitrogens with one attached hydrogen (secondary N) is 2. The number of rotatable bonds is 2. The molecule has 0 bridgehead atoms. The maximum absolute atomic E-state index is 11.8. The smallest absolute Gasteiger partial charge is 0.319 e. The summed E-state index contributed by atoms with van der Waals surface area (Å²) in [4.78, 5) is 11.8. The molecule has 0 saturated heterocycles. The Kier molecular flexibility index (Phi) is 3.83. The first-order chi connectivity index (χ1) is 8.70. The Hall–Kier alpha value is -2.02. The molecule has 0 unspecified atom stereocenters. The van der Waals surface area contributed by atoms with Gasteiger partial charge in [0.15, 0.2) is 0 Å². The van der Waals surface area contributed by atoms with Gasteiger partial charge in [0.25, 0.3) is 0 Å². The van der Waals surface area contributed by atoms with Crippen LogP contribution in [0.25, 0.3) is 0 Å². The van der Waals surface area contributed by atoms with E-state index in [9.17, 15) is 4.79 Å². The van der Waals surface area contributed by atoms with Crippen molar-refractivity contribution in [2.24, 2.45) is 0 Å². The Morgan fingerprint density at radius 1 is 1.39 bits per heavy atom. The molecule has 1 aromatic carbocycles. The molecule has 94 valence electrons. The van der Waals surface area contributed by atoms with Gasteiger partial charge in [-0.15, -0.1) is 0 Å². The van der Waals surface area contributed by atoms with Crippen LogP contribution in [0.4, 0.5) is 10.5 Å². The van der Waals surface area contributed by atoms with E-state index in [1.165, 1.54) is 12.8 Å².